The van der Waals surface area contributed by atoms with Gasteiger partial charge in [0.1, 0.15) is 25.2 Å². The Morgan fingerprint density at radius 2 is 1.95 bits per heavy atom. The van der Waals surface area contributed by atoms with E-state index in [1.54, 1.807) is 0 Å². The number of aryl methyl sites for hydroxylation is 1. The van der Waals surface area contributed by atoms with E-state index in [1.165, 1.54) is 6.33 Å². The number of fused-ring (bicyclic) bond motifs is 1. The van der Waals surface area contributed by atoms with E-state index in [4.69, 9.17) is 5.11 Å². The molecule has 0 aliphatic heterocycles. The fourth-order valence-corrected chi connectivity index (χ4v) is 2.54. The summed E-state index contributed by atoms with van der Waals surface area (Å²) in [5, 5.41) is 8.85. The summed E-state index contributed by atoms with van der Waals surface area (Å²) >= 11 is 0. The predicted molar refractivity (Wildman–Crippen MR) is 69.2 cm³/mol. The lowest BCUT2D eigenvalue weighted by molar-refractivity contribution is -0.136. The van der Waals surface area contributed by atoms with E-state index in [0.717, 1.165) is 29.9 Å². The minimum absolute atomic E-state index is 0.0987. The van der Waals surface area contributed by atoms with Gasteiger partial charge in [0, 0.05) is 11.3 Å². The van der Waals surface area contributed by atoms with E-state index in [2.05, 4.69) is 9.97 Å². The lowest BCUT2D eigenvalue weighted by Gasteiger charge is -2.25. The molecule has 1 heterocycles. The standard InChI is InChI=1S/C13H16F3N3O2/c14-13(15,16)7-19(6-11(20)21)12-9-4-2-1-3-5-10(9)17-8-18-12/h8H,1-7H2,(H,20,21). The van der Waals surface area contributed by atoms with Crippen LogP contribution in [0.1, 0.15) is 30.5 Å². The van der Waals surface area contributed by atoms with Crippen molar-refractivity contribution in [1.82, 2.24) is 9.97 Å². The van der Waals surface area contributed by atoms with E-state index in [9.17, 15) is 18.0 Å². The largest absolute Gasteiger partial charge is 0.480 e. The molecule has 0 fully saturated rings. The highest BCUT2D eigenvalue weighted by atomic mass is 19.4. The summed E-state index contributed by atoms with van der Waals surface area (Å²) in [6.45, 7) is -2.06. The minimum atomic E-state index is -4.49. The first-order chi connectivity index (χ1) is 9.87. The van der Waals surface area contributed by atoms with E-state index in [0.29, 0.717) is 18.4 Å². The van der Waals surface area contributed by atoms with Crippen molar-refractivity contribution in [2.24, 2.45) is 0 Å². The van der Waals surface area contributed by atoms with Gasteiger partial charge >= 0.3 is 12.1 Å². The van der Waals surface area contributed by atoms with E-state index in [1.807, 2.05) is 0 Å². The molecule has 0 unspecified atom stereocenters. The average Bonchev–Trinajstić information content (AvgIpc) is 2.60. The van der Waals surface area contributed by atoms with Crippen molar-refractivity contribution >= 4 is 11.8 Å². The van der Waals surface area contributed by atoms with Crippen LogP contribution in [0.3, 0.4) is 0 Å². The first-order valence-electron chi connectivity index (χ1n) is 6.73. The number of nitrogens with zero attached hydrogens (tertiary/aromatic N) is 3. The van der Waals surface area contributed by atoms with Gasteiger partial charge in [-0.25, -0.2) is 9.97 Å². The van der Waals surface area contributed by atoms with Crippen LogP contribution in [0, 0.1) is 0 Å². The number of alkyl halides is 3. The van der Waals surface area contributed by atoms with Crippen molar-refractivity contribution in [3.05, 3.63) is 17.6 Å². The van der Waals surface area contributed by atoms with Crippen molar-refractivity contribution < 1.29 is 23.1 Å². The number of hydrogen-bond donors (Lipinski definition) is 1. The fourth-order valence-electron chi connectivity index (χ4n) is 2.54. The third-order valence-electron chi connectivity index (χ3n) is 3.35. The molecular formula is C13H16F3N3O2. The van der Waals surface area contributed by atoms with Crippen LogP contribution >= 0.6 is 0 Å². The maximum Gasteiger partial charge on any atom is 0.405 e. The van der Waals surface area contributed by atoms with Crippen LogP contribution in [-0.2, 0) is 17.6 Å². The van der Waals surface area contributed by atoms with Crippen molar-refractivity contribution in [3.8, 4) is 0 Å². The average molecular weight is 303 g/mol. The van der Waals surface area contributed by atoms with Gasteiger partial charge in [0.2, 0.25) is 0 Å². The first kappa shape index (κ1) is 15.5. The molecule has 1 N–H and O–H groups in total. The molecule has 1 aliphatic carbocycles. The number of carboxylic acids is 1. The zero-order chi connectivity index (χ0) is 15.5. The number of carboxylic acid groups (broad SMARTS) is 1. The molecule has 0 bridgehead atoms. The molecule has 0 atom stereocenters. The van der Waals surface area contributed by atoms with Crippen molar-refractivity contribution in [1.29, 1.82) is 0 Å². The molecule has 1 aromatic heterocycles. The molecule has 0 amide bonds. The Kier molecular flexibility index (Phi) is 4.64. The summed E-state index contributed by atoms with van der Waals surface area (Å²) in [7, 11) is 0. The van der Waals surface area contributed by atoms with Gasteiger partial charge in [-0.1, -0.05) is 6.42 Å². The molecule has 116 valence electrons. The molecule has 2 rings (SSSR count). The van der Waals surface area contributed by atoms with Gasteiger partial charge in [-0.15, -0.1) is 0 Å². The monoisotopic (exact) mass is 303 g/mol. The number of anilines is 1. The molecule has 0 aromatic carbocycles. The zero-order valence-corrected chi connectivity index (χ0v) is 11.4. The molecule has 5 nitrogen and oxygen atoms in total. The number of carbonyl (C=O) groups is 1. The van der Waals surface area contributed by atoms with Gasteiger partial charge in [0.15, 0.2) is 0 Å². The van der Waals surface area contributed by atoms with Crippen LogP contribution in [0.25, 0.3) is 0 Å². The summed E-state index contributed by atoms with van der Waals surface area (Å²) in [5.41, 5.74) is 1.38. The Hall–Kier alpha value is -1.86. The molecule has 1 aromatic rings. The van der Waals surface area contributed by atoms with E-state index in [-0.39, 0.29) is 5.82 Å². The SMILES string of the molecule is O=C(O)CN(CC(F)(F)F)c1ncnc2c1CCCCC2. The van der Waals surface area contributed by atoms with Crippen LogP contribution in [0.15, 0.2) is 6.33 Å². The van der Waals surface area contributed by atoms with Crippen molar-refractivity contribution in [2.75, 3.05) is 18.0 Å². The molecule has 8 heteroatoms. The summed E-state index contributed by atoms with van der Waals surface area (Å²) in [5.74, 6) is -1.22. The lowest BCUT2D eigenvalue weighted by atomic mass is 10.1. The second-order valence-corrected chi connectivity index (χ2v) is 5.05. The number of aliphatic carboxylic acids is 1. The molecule has 1 aliphatic rings. The minimum Gasteiger partial charge on any atom is -0.480 e. The topological polar surface area (TPSA) is 66.3 Å². The van der Waals surface area contributed by atoms with Crippen LogP contribution < -0.4 is 4.90 Å². The van der Waals surface area contributed by atoms with Crippen LogP contribution in [0.4, 0.5) is 19.0 Å². The van der Waals surface area contributed by atoms with Gasteiger partial charge in [-0.3, -0.25) is 4.79 Å². The Morgan fingerprint density at radius 3 is 2.62 bits per heavy atom. The molecule has 0 saturated heterocycles. The van der Waals surface area contributed by atoms with Crippen molar-refractivity contribution in [2.45, 2.75) is 38.3 Å². The molecule has 0 radical (unpaired) electrons. The lowest BCUT2D eigenvalue weighted by Crippen LogP contribution is -2.39. The van der Waals surface area contributed by atoms with Gasteiger partial charge in [0.05, 0.1) is 0 Å². The third-order valence-corrected chi connectivity index (χ3v) is 3.35. The van der Waals surface area contributed by atoms with Gasteiger partial charge in [-0.05, 0) is 25.7 Å². The maximum atomic E-state index is 12.7. The summed E-state index contributed by atoms with van der Waals surface area (Å²) < 4.78 is 38.0. The normalized spacial score (nSPS) is 15.2. The zero-order valence-electron chi connectivity index (χ0n) is 11.4. The summed E-state index contributed by atoms with van der Waals surface area (Å²) in [6.07, 6.45) is 0.760. The Bertz CT molecular complexity index is 520. The Labute approximate surface area is 119 Å². The van der Waals surface area contributed by atoms with E-state index < -0.39 is 25.2 Å². The van der Waals surface area contributed by atoms with Crippen LogP contribution in [0.5, 0.6) is 0 Å². The smallest absolute Gasteiger partial charge is 0.405 e. The number of aromatic nitrogens is 2. The Morgan fingerprint density at radius 1 is 1.24 bits per heavy atom. The second-order valence-electron chi connectivity index (χ2n) is 5.05. The highest BCUT2D eigenvalue weighted by Gasteiger charge is 2.33. The molecule has 0 saturated carbocycles. The van der Waals surface area contributed by atoms with E-state index >= 15 is 0 Å². The number of halogens is 3. The molecule has 21 heavy (non-hydrogen) atoms. The third kappa shape index (κ3) is 4.30. The highest BCUT2D eigenvalue weighted by Crippen LogP contribution is 2.28. The fraction of sp³-hybridized carbons (Fsp3) is 0.615. The van der Waals surface area contributed by atoms with Crippen molar-refractivity contribution in [3.63, 3.8) is 0 Å². The van der Waals surface area contributed by atoms with Gasteiger partial charge in [-0.2, -0.15) is 13.2 Å². The summed E-state index contributed by atoms with van der Waals surface area (Å²) in [6, 6.07) is 0. The Balaban J connectivity index is 2.37. The van der Waals surface area contributed by atoms with Crippen LogP contribution in [-0.4, -0.2) is 40.3 Å². The quantitative estimate of drug-likeness (QED) is 0.864. The molecule has 0 spiro atoms. The first-order valence-corrected chi connectivity index (χ1v) is 6.73. The number of hydrogen-bond acceptors (Lipinski definition) is 4. The van der Waals surface area contributed by atoms with Crippen LogP contribution in [0.2, 0.25) is 0 Å². The second kappa shape index (κ2) is 6.28. The maximum absolute atomic E-state index is 12.7. The molecular weight excluding hydrogens is 287 g/mol. The van der Waals surface area contributed by atoms with Gasteiger partial charge < -0.3 is 10.0 Å². The predicted octanol–water partition coefficient (Wildman–Crippen LogP) is 2.20. The highest BCUT2D eigenvalue weighted by molar-refractivity contribution is 5.73. The summed E-state index contributed by atoms with van der Waals surface area (Å²) in [4.78, 5) is 19.7. The number of rotatable bonds is 4. The van der Waals surface area contributed by atoms with Gasteiger partial charge in [0.25, 0.3) is 0 Å².